The lowest BCUT2D eigenvalue weighted by atomic mass is 10.1. The number of carboxylic acids is 1. The Bertz CT molecular complexity index is 1280. The third-order valence-electron chi connectivity index (χ3n) is 5.24. The Morgan fingerprint density at radius 3 is 2.17 bits per heavy atom. The second-order valence-corrected chi connectivity index (χ2v) is 9.79. The van der Waals surface area contributed by atoms with Crippen molar-refractivity contribution in [1.29, 1.82) is 0 Å². The number of carbonyl (C=O) groups is 2. The molecule has 3 aromatic rings. The lowest BCUT2D eigenvalue weighted by Crippen LogP contribution is -2.41. The number of halogens is 1. The zero-order valence-electron chi connectivity index (χ0n) is 18.9. The van der Waals surface area contributed by atoms with Crippen molar-refractivity contribution in [2.75, 3.05) is 13.7 Å². The first-order chi connectivity index (χ1) is 16.7. The van der Waals surface area contributed by atoms with Crippen molar-refractivity contribution in [1.82, 2.24) is 10.0 Å². The normalized spacial score (nSPS) is 12.1. The molecule has 1 atom stereocenters. The number of hydrogen-bond donors (Lipinski definition) is 3. The molecule has 0 radical (unpaired) electrons. The van der Waals surface area contributed by atoms with Crippen molar-refractivity contribution in [2.24, 2.45) is 0 Å². The molecule has 0 heterocycles. The second-order valence-electron chi connectivity index (χ2n) is 7.64. The highest BCUT2D eigenvalue weighted by Gasteiger charge is 2.25. The zero-order chi connectivity index (χ0) is 25.4. The number of benzene rings is 3. The molecule has 3 N–H and O–H groups in total. The number of carbonyl (C=O) groups excluding carboxylic acids is 1. The molecule has 8 nitrogen and oxygen atoms in total. The fraction of sp³-hybridized carbons (Fsp3) is 0.200. The minimum Gasteiger partial charge on any atom is -0.496 e. The molecule has 0 aliphatic rings. The summed E-state index contributed by atoms with van der Waals surface area (Å²) in [7, 11) is -2.61. The van der Waals surface area contributed by atoms with Gasteiger partial charge in [0.2, 0.25) is 10.0 Å². The molecule has 0 unspecified atom stereocenters. The van der Waals surface area contributed by atoms with Gasteiger partial charge < -0.3 is 15.2 Å². The summed E-state index contributed by atoms with van der Waals surface area (Å²) in [6, 6.07) is 18.6. The van der Waals surface area contributed by atoms with Crippen LogP contribution in [-0.2, 0) is 14.8 Å². The van der Waals surface area contributed by atoms with Gasteiger partial charge in [-0.1, -0.05) is 48.0 Å². The molecule has 35 heavy (non-hydrogen) atoms. The van der Waals surface area contributed by atoms with E-state index in [9.17, 15) is 23.1 Å². The van der Waals surface area contributed by atoms with Crippen LogP contribution in [0.4, 0.5) is 0 Å². The van der Waals surface area contributed by atoms with E-state index in [-0.39, 0.29) is 30.2 Å². The fourth-order valence-corrected chi connectivity index (χ4v) is 4.74. The van der Waals surface area contributed by atoms with Gasteiger partial charge >= 0.3 is 5.97 Å². The number of para-hydroxylation sites is 1. The maximum Gasteiger partial charge on any atom is 0.321 e. The molecule has 1 amide bonds. The number of sulfonamides is 1. The van der Waals surface area contributed by atoms with Gasteiger partial charge in [-0.15, -0.1) is 0 Å². The summed E-state index contributed by atoms with van der Waals surface area (Å²) in [4.78, 5) is 24.0. The molecule has 3 aromatic carbocycles. The van der Waals surface area contributed by atoms with Gasteiger partial charge in [0.25, 0.3) is 5.91 Å². The maximum atomic E-state index is 12.8. The van der Waals surface area contributed by atoms with Crippen LogP contribution in [0.1, 0.15) is 23.2 Å². The number of rotatable bonds is 11. The van der Waals surface area contributed by atoms with Gasteiger partial charge in [-0.3, -0.25) is 9.59 Å². The molecule has 0 aromatic heterocycles. The van der Waals surface area contributed by atoms with Gasteiger partial charge in [-0.2, -0.15) is 4.72 Å². The van der Waals surface area contributed by atoms with Crippen LogP contribution in [0, 0.1) is 0 Å². The van der Waals surface area contributed by atoms with E-state index in [1.54, 1.807) is 48.5 Å². The highest BCUT2D eigenvalue weighted by atomic mass is 35.5. The third-order valence-corrected chi connectivity index (χ3v) is 6.98. The van der Waals surface area contributed by atoms with Gasteiger partial charge in [0.15, 0.2) is 0 Å². The molecule has 0 bridgehead atoms. The molecule has 0 aliphatic heterocycles. The van der Waals surface area contributed by atoms with Crippen LogP contribution < -0.4 is 14.8 Å². The van der Waals surface area contributed by atoms with Crippen LogP contribution in [0.3, 0.4) is 0 Å². The molecule has 10 heteroatoms. The first-order valence-corrected chi connectivity index (χ1v) is 12.6. The van der Waals surface area contributed by atoms with Crippen molar-refractivity contribution in [3.63, 3.8) is 0 Å². The summed E-state index contributed by atoms with van der Waals surface area (Å²) < 4.78 is 32.9. The lowest BCUT2D eigenvalue weighted by Gasteiger charge is -2.15. The summed E-state index contributed by atoms with van der Waals surface area (Å²) in [6.07, 6.45) is 0.236. The van der Waals surface area contributed by atoms with E-state index in [2.05, 4.69) is 10.0 Å². The molecule has 0 fully saturated rings. The second kappa shape index (κ2) is 11.8. The van der Waals surface area contributed by atoms with Crippen LogP contribution in [-0.4, -0.2) is 45.1 Å². The number of nitrogens with one attached hydrogen (secondary N) is 2. The zero-order valence-corrected chi connectivity index (χ0v) is 20.5. The Kier molecular flexibility index (Phi) is 8.86. The van der Waals surface area contributed by atoms with Gasteiger partial charge in [-0.05, 0) is 60.4 Å². The third kappa shape index (κ3) is 7.05. The predicted octanol–water partition coefficient (Wildman–Crippen LogP) is 3.96. The van der Waals surface area contributed by atoms with Crippen LogP contribution >= 0.6 is 11.6 Å². The number of methoxy groups -OCH3 is 1. The average molecular weight is 517 g/mol. The largest absolute Gasteiger partial charge is 0.496 e. The van der Waals surface area contributed by atoms with E-state index >= 15 is 0 Å². The molecule has 0 aliphatic carbocycles. The van der Waals surface area contributed by atoms with E-state index in [1.807, 2.05) is 12.1 Å². The maximum absolute atomic E-state index is 12.8. The Morgan fingerprint density at radius 2 is 1.57 bits per heavy atom. The van der Waals surface area contributed by atoms with Crippen molar-refractivity contribution >= 4 is 33.5 Å². The summed E-state index contributed by atoms with van der Waals surface area (Å²) >= 11 is 5.90. The Morgan fingerprint density at radius 1 is 0.971 bits per heavy atom. The minimum absolute atomic E-state index is 0.0103. The van der Waals surface area contributed by atoms with Crippen molar-refractivity contribution in [3.8, 4) is 16.9 Å². The molecule has 184 valence electrons. The van der Waals surface area contributed by atoms with Crippen molar-refractivity contribution in [2.45, 2.75) is 23.8 Å². The Labute approximate surface area is 208 Å². The van der Waals surface area contributed by atoms with Gasteiger partial charge in [0.1, 0.15) is 11.8 Å². The smallest absolute Gasteiger partial charge is 0.321 e. The van der Waals surface area contributed by atoms with Gasteiger partial charge in [-0.25, -0.2) is 8.42 Å². The molecule has 0 saturated carbocycles. The first-order valence-electron chi connectivity index (χ1n) is 10.7. The number of aliphatic carboxylic acids is 1. The SMILES string of the molecule is COc1ccccc1C(=O)NCCC[C@H](NS(=O)(=O)c1ccc(-c2ccc(Cl)cc2)cc1)C(=O)O. The molecule has 3 rings (SSSR count). The number of ether oxygens (including phenoxy) is 1. The Balaban J connectivity index is 1.58. The molecule has 0 saturated heterocycles. The van der Waals surface area contributed by atoms with Crippen LogP contribution in [0.25, 0.3) is 11.1 Å². The van der Waals surface area contributed by atoms with Crippen LogP contribution in [0.2, 0.25) is 5.02 Å². The van der Waals surface area contributed by atoms with E-state index in [4.69, 9.17) is 16.3 Å². The predicted molar refractivity (Wildman–Crippen MR) is 133 cm³/mol. The molecular formula is C25H25ClN2O6S. The highest BCUT2D eigenvalue weighted by molar-refractivity contribution is 7.89. The lowest BCUT2D eigenvalue weighted by molar-refractivity contribution is -0.139. The summed E-state index contributed by atoms with van der Waals surface area (Å²) in [6.45, 7) is 0.165. The Hall–Kier alpha value is -3.40. The number of carboxylic acid groups (broad SMARTS) is 1. The highest BCUT2D eigenvalue weighted by Crippen LogP contribution is 2.23. The van der Waals surface area contributed by atoms with E-state index in [1.165, 1.54) is 19.2 Å². The number of amides is 1. The van der Waals surface area contributed by atoms with Gasteiger partial charge in [0.05, 0.1) is 17.6 Å². The topological polar surface area (TPSA) is 122 Å². The molecular weight excluding hydrogens is 492 g/mol. The monoisotopic (exact) mass is 516 g/mol. The minimum atomic E-state index is -4.07. The number of hydrogen-bond acceptors (Lipinski definition) is 5. The first kappa shape index (κ1) is 26.2. The summed E-state index contributed by atoms with van der Waals surface area (Å²) in [5.74, 6) is -1.25. The van der Waals surface area contributed by atoms with Gasteiger partial charge in [0, 0.05) is 11.6 Å². The quantitative estimate of drug-likeness (QED) is 0.332. The van der Waals surface area contributed by atoms with Crippen molar-refractivity contribution in [3.05, 3.63) is 83.4 Å². The summed E-state index contributed by atoms with van der Waals surface area (Å²) in [5, 5.41) is 12.8. The van der Waals surface area contributed by atoms with Crippen LogP contribution in [0.5, 0.6) is 5.75 Å². The van der Waals surface area contributed by atoms with E-state index in [0.29, 0.717) is 16.3 Å². The van der Waals surface area contributed by atoms with E-state index < -0.39 is 22.0 Å². The van der Waals surface area contributed by atoms with E-state index in [0.717, 1.165) is 11.1 Å². The fourth-order valence-electron chi connectivity index (χ4n) is 3.39. The summed E-state index contributed by atoms with van der Waals surface area (Å²) in [5.41, 5.74) is 2.01. The standard InChI is InChI=1S/C25H25ClN2O6S/c1-34-23-7-3-2-5-21(23)24(29)27-16-4-6-22(25(30)31)28-35(32,33)20-14-10-18(11-15-20)17-8-12-19(26)13-9-17/h2-3,5,7-15,22,28H,4,6,16H2,1H3,(H,27,29)(H,30,31)/t22-/m0/s1. The van der Waals surface area contributed by atoms with Crippen molar-refractivity contribution < 1.29 is 27.9 Å². The van der Waals surface area contributed by atoms with Crippen LogP contribution in [0.15, 0.2) is 77.7 Å². The molecule has 0 spiro atoms. The average Bonchev–Trinajstić information content (AvgIpc) is 2.86.